The topological polar surface area (TPSA) is 43.6 Å². The Morgan fingerprint density at radius 3 is 2.83 bits per heavy atom. The second-order valence-corrected chi connectivity index (χ2v) is 4.58. The first-order valence-corrected chi connectivity index (χ1v) is 6.21. The van der Waals surface area contributed by atoms with Crippen molar-refractivity contribution in [1.82, 2.24) is 9.61 Å². The van der Waals surface area contributed by atoms with Crippen LogP contribution >= 0.6 is 0 Å². The maximum atomic E-state index is 12.1. The van der Waals surface area contributed by atoms with E-state index in [0.29, 0.717) is 18.1 Å². The van der Waals surface area contributed by atoms with Gasteiger partial charge in [0.2, 0.25) is 0 Å². The van der Waals surface area contributed by atoms with Gasteiger partial charge in [-0.1, -0.05) is 13.8 Å². The summed E-state index contributed by atoms with van der Waals surface area (Å²) in [7, 11) is 0. The molecular weight excluding hydrogens is 228 g/mol. The Bertz CT molecular complexity index is 585. The lowest BCUT2D eigenvalue weighted by atomic mass is 10.0. The number of nitrogens with zero attached hydrogens (tertiary/aromatic N) is 2. The average Bonchev–Trinajstić information content (AvgIpc) is 2.61. The summed E-state index contributed by atoms with van der Waals surface area (Å²) in [6.45, 7) is 8.34. The van der Waals surface area contributed by atoms with Crippen LogP contribution in [0.15, 0.2) is 18.3 Å². The van der Waals surface area contributed by atoms with E-state index in [1.807, 2.05) is 30.5 Å². The molecule has 2 aromatic heterocycles. The van der Waals surface area contributed by atoms with E-state index in [0.717, 1.165) is 16.8 Å². The summed E-state index contributed by atoms with van der Waals surface area (Å²) >= 11 is 0. The molecular formula is C14H18N2O2. The van der Waals surface area contributed by atoms with Crippen LogP contribution in [0.3, 0.4) is 0 Å². The minimum absolute atomic E-state index is 0.271. The first kappa shape index (κ1) is 12.6. The maximum absolute atomic E-state index is 12.1. The van der Waals surface area contributed by atoms with Crippen molar-refractivity contribution < 1.29 is 9.53 Å². The molecule has 0 aliphatic carbocycles. The van der Waals surface area contributed by atoms with Crippen LogP contribution in [-0.4, -0.2) is 22.2 Å². The van der Waals surface area contributed by atoms with Gasteiger partial charge in [-0.3, -0.25) is 0 Å². The van der Waals surface area contributed by atoms with E-state index in [-0.39, 0.29) is 5.97 Å². The lowest BCUT2D eigenvalue weighted by Crippen LogP contribution is -2.05. The van der Waals surface area contributed by atoms with Gasteiger partial charge in [0, 0.05) is 11.9 Å². The maximum Gasteiger partial charge on any atom is 0.340 e. The van der Waals surface area contributed by atoms with Gasteiger partial charge in [0.1, 0.15) is 0 Å². The molecule has 0 N–H and O–H groups in total. The summed E-state index contributed by atoms with van der Waals surface area (Å²) in [6.07, 6.45) is 1.73. The summed E-state index contributed by atoms with van der Waals surface area (Å²) < 4.78 is 6.97. The summed E-state index contributed by atoms with van der Waals surface area (Å²) in [6, 6.07) is 3.74. The minimum atomic E-state index is -0.271. The van der Waals surface area contributed by atoms with Crippen LogP contribution in [-0.2, 0) is 4.74 Å². The van der Waals surface area contributed by atoms with E-state index in [4.69, 9.17) is 4.74 Å². The van der Waals surface area contributed by atoms with Gasteiger partial charge in [-0.25, -0.2) is 9.31 Å². The highest BCUT2D eigenvalue weighted by Crippen LogP contribution is 2.28. The number of hydrogen-bond donors (Lipinski definition) is 0. The number of hydrogen-bond acceptors (Lipinski definition) is 3. The van der Waals surface area contributed by atoms with Crippen molar-refractivity contribution in [2.24, 2.45) is 0 Å². The molecule has 0 aliphatic heterocycles. The normalized spacial score (nSPS) is 11.2. The Morgan fingerprint density at radius 2 is 2.22 bits per heavy atom. The van der Waals surface area contributed by atoms with Crippen molar-refractivity contribution in [2.75, 3.05) is 6.61 Å². The summed E-state index contributed by atoms with van der Waals surface area (Å²) in [5.74, 6) is 0.0305. The smallest absolute Gasteiger partial charge is 0.340 e. The number of carbonyl (C=O) groups is 1. The monoisotopic (exact) mass is 246 g/mol. The molecule has 0 unspecified atom stereocenters. The van der Waals surface area contributed by atoms with Gasteiger partial charge in [0.25, 0.3) is 0 Å². The Balaban J connectivity index is 2.73. The molecule has 96 valence electrons. The quantitative estimate of drug-likeness (QED) is 0.782. The summed E-state index contributed by atoms with van der Waals surface area (Å²) in [5, 5.41) is 4.34. The third-order valence-electron chi connectivity index (χ3n) is 3.02. The van der Waals surface area contributed by atoms with E-state index >= 15 is 0 Å². The highest BCUT2D eigenvalue weighted by molar-refractivity contribution is 5.99. The molecule has 4 nitrogen and oxygen atoms in total. The van der Waals surface area contributed by atoms with Crippen LogP contribution in [0.1, 0.15) is 48.3 Å². The fourth-order valence-electron chi connectivity index (χ4n) is 2.37. The fraction of sp³-hybridized carbons (Fsp3) is 0.429. The molecule has 4 heteroatoms. The molecule has 0 spiro atoms. The molecule has 0 saturated heterocycles. The van der Waals surface area contributed by atoms with Crippen LogP contribution in [0.4, 0.5) is 0 Å². The van der Waals surface area contributed by atoms with E-state index in [1.165, 1.54) is 0 Å². The number of rotatable bonds is 3. The fourth-order valence-corrected chi connectivity index (χ4v) is 2.37. The van der Waals surface area contributed by atoms with E-state index in [9.17, 15) is 4.79 Å². The van der Waals surface area contributed by atoms with E-state index in [2.05, 4.69) is 18.9 Å². The Kier molecular flexibility index (Phi) is 3.36. The van der Waals surface area contributed by atoms with Crippen LogP contribution < -0.4 is 0 Å². The average molecular weight is 246 g/mol. The lowest BCUT2D eigenvalue weighted by molar-refractivity contribution is 0.0528. The molecule has 0 aromatic carbocycles. The summed E-state index contributed by atoms with van der Waals surface area (Å²) in [4.78, 5) is 12.1. The standard InChI is InChI=1S/C14H18N2O2/c1-5-18-14(17)12-10(4)13(9(2)3)16-11(12)7-6-8-15-16/h6-9H,5H2,1-4H3. The SMILES string of the molecule is CCOC(=O)c1c(C)c(C(C)C)n2ncccc12. The number of aromatic nitrogens is 2. The largest absolute Gasteiger partial charge is 0.462 e. The number of carbonyl (C=O) groups excluding carboxylic acids is 1. The Labute approximate surface area is 107 Å². The van der Waals surface area contributed by atoms with Crippen molar-refractivity contribution in [3.05, 3.63) is 35.2 Å². The molecule has 0 fully saturated rings. The predicted molar refractivity (Wildman–Crippen MR) is 70.0 cm³/mol. The van der Waals surface area contributed by atoms with Crippen LogP contribution in [0.2, 0.25) is 0 Å². The molecule has 0 bridgehead atoms. The molecule has 18 heavy (non-hydrogen) atoms. The third-order valence-corrected chi connectivity index (χ3v) is 3.02. The summed E-state index contributed by atoms with van der Waals surface area (Å²) in [5.41, 5.74) is 3.47. The van der Waals surface area contributed by atoms with Gasteiger partial charge in [-0.2, -0.15) is 5.10 Å². The van der Waals surface area contributed by atoms with Crippen LogP contribution in [0.5, 0.6) is 0 Å². The van der Waals surface area contributed by atoms with Crippen molar-refractivity contribution in [3.63, 3.8) is 0 Å². The molecule has 0 aliphatic rings. The highest BCUT2D eigenvalue weighted by atomic mass is 16.5. The first-order chi connectivity index (χ1) is 8.57. The zero-order chi connectivity index (χ0) is 13.3. The molecule has 0 atom stereocenters. The van der Waals surface area contributed by atoms with Crippen molar-refractivity contribution in [3.8, 4) is 0 Å². The third kappa shape index (κ3) is 1.88. The van der Waals surface area contributed by atoms with Gasteiger partial charge in [-0.15, -0.1) is 0 Å². The zero-order valence-electron chi connectivity index (χ0n) is 11.2. The Morgan fingerprint density at radius 1 is 1.50 bits per heavy atom. The number of esters is 1. The number of fused-ring (bicyclic) bond motifs is 1. The van der Waals surface area contributed by atoms with Crippen molar-refractivity contribution >= 4 is 11.5 Å². The first-order valence-electron chi connectivity index (χ1n) is 6.21. The lowest BCUT2D eigenvalue weighted by Gasteiger charge is -2.06. The molecule has 2 heterocycles. The minimum Gasteiger partial charge on any atom is -0.462 e. The number of ether oxygens (including phenoxy) is 1. The van der Waals surface area contributed by atoms with Gasteiger partial charge < -0.3 is 4.74 Å². The van der Waals surface area contributed by atoms with E-state index in [1.54, 1.807) is 6.20 Å². The molecule has 0 amide bonds. The second-order valence-electron chi connectivity index (χ2n) is 4.58. The van der Waals surface area contributed by atoms with Crippen molar-refractivity contribution in [2.45, 2.75) is 33.6 Å². The highest BCUT2D eigenvalue weighted by Gasteiger charge is 2.23. The molecule has 0 saturated carbocycles. The van der Waals surface area contributed by atoms with Crippen molar-refractivity contribution in [1.29, 1.82) is 0 Å². The van der Waals surface area contributed by atoms with Gasteiger partial charge >= 0.3 is 5.97 Å². The second kappa shape index (κ2) is 4.80. The molecule has 0 radical (unpaired) electrons. The van der Waals surface area contributed by atoms with Gasteiger partial charge in [0.05, 0.1) is 17.7 Å². The van der Waals surface area contributed by atoms with Gasteiger partial charge in [-0.05, 0) is 37.5 Å². The van der Waals surface area contributed by atoms with Crippen LogP contribution in [0.25, 0.3) is 5.52 Å². The zero-order valence-corrected chi connectivity index (χ0v) is 11.2. The molecule has 2 rings (SSSR count). The Hall–Kier alpha value is -1.84. The predicted octanol–water partition coefficient (Wildman–Crippen LogP) is 2.94. The van der Waals surface area contributed by atoms with E-state index < -0.39 is 0 Å². The van der Waals surface area contributed by atoms with Crippen LogP contribution in [0, 0.1) is 6.92 Å². The molecule has 2 aromatic rings. The van der Waals surface area contributed by atoms with Gasteiger partial charge in [0.15, 0.2) is 0 Å².